The van der Waals surface area contributed by atoms with Gasteiger partial charge in [-0.2, -0.15) is 18.3 Å². The molecule has 0 aromatic carbocycles. The van der Waals surface area contributed by atoms with Crippen LogP contribution in [0.3, 0.4) is 0 Å². The molecule has 0 atom stereocenters. The van der Waals surface area contributed by atoms with Gasteiger partial charge < -0.3 is 4.72 Å². The summed E-state index contributed by atoms with van der Waals surface area (Å²) in [6.45, 7) is 0. The van der Waals surface area contributed by atoms with Gasteiger partial charge in [0.1, 0.15) is 0 Å². The Balaban J connectivity index is 3.02. The van der Waals surface area contributed by atoms with Crippen LogP contribution in [0, 0.1) is 0 Å². The molecule has 1 heterocycles. The second-order valence-corrected chi connectivity index (χ2v) is 2.16. The van der Waals surface area contributed by atoms with Crippen LogP contribution in [0.2, 0.25) is 0 Å². The predicted octanol–water partition coefficient (Wildman–Crippen LogP) is 1.75. The van der Waals surface area contributed by atoms with E-state index in [4.69, 9.17) is 0 Å². The van der Waals surface area contributed by atoms with E-state index < -0.39 is 11.7 Å². The summed E-state index contributed by atoms with van der Waals surface area (Å²) in [4.78, 5) is 0. The Labute approximate surface area is 71.5 Å². The van der Waals surface area contributed by atoms with Gasteiger partial charge in [-0.3, -0.25) is 0 Å². The van der Waals surface area contributed by atoms with Crippen molar-refractivity contribution < 1.29 is 13.2 Å². The molecule has 0 spiro atoms. The molecule has 1 rings (SSSR count). The normalized spacial score (nSPS) is 11.3. The molecule has 66 valence electrons. The maximum atomic E-state index is 12.0. The van der Waals surface area contributed by atoms with Crippen molar-refractivity contribution in [2.75, 3.05) is 4.72 Å². The molecule has 0 aliphatic heterocycles. The summed E-state index contributed by atoms with van der Waals surface area (Å²) in [5.74, 6) is -0.0341. The van der Waals surface area contributed by atoms with Gasteiger partial charge >= 0.3 is 6.18 Å². The molecule has 0 bridgehead atoms. The van der Waals surface area contributed by atoms with Gasteiger partial charge in [0, 0.05) is 0 Å². The minimum Gasteiger partial charge on any atom is -0.315 e. The standard InChI is InChI=1S/C5H4F3N3S/c6-5(7,8)3-1-4(11-12)10-9-2-3/h1-2,12H,(H,10,11). The number of halogens is 3. The van der Waals surface area contributed by atoms with Crippen LogP contribution in [-0.4, -0.2) is 10.2 Å². The van der Waals surface area contributed by atoms with Crippen molar-refractivity contribution in [2.24, 2.45) is 0 Å². The quantitative estimate of drug-likeness (QED) is 0.670. The highest BCUT2D eigenvalue weighted by Gasteiger charge is 2.31. The zero-order chi connectivity index (χ0) is 9.19. The molecule has 0 aliphatic carbocycles. The largest absolute Gasteiger partial charge is 0.418 e. The van der Waals surface area contributed by atoms with Crippen molar-refractivity contribution in [3.63, 3.8) is 0 Å². The molecule has 1 aromatic heterocycles. The molecule has 0 amide bonds. The molecule has 0 fully saturated rings. The van der Waals surface area contributed by atoms with Crippen molar-refractivity contribution in [3.05, 3.63) is 17.8 Å². The highest BCUT2D eigenvalue weighted by molar-refractivity contribution is 7.81. The van der Waals surface area contributed by atoms with E-state index >= 15 is 0 Å². The Morgan fingerprint density at radius 1 is 1.42 bits per heavy atom. The van der Waals surface area contributed by atoms with Gasteiger partial charge in [0.2, 0.25) is 0 Å². The van der Waals surface area contributed by atoms with Crippen molar-refractivity contribution in [3.8, 4) is 0 Å². The van der Waals surface area contributed by atoms with E-state index in [2.05, 4.69) is 27.7 Å². The molecule has 0 saturated carbocycles. The molecule has 12 heavy (non-hydrogen) atoms. The summed E-state index contributed by atoms with van der Waals surface area (Å²) in [6, 6.07) is 0.819. The molecule has 0 radical (unpaired) electrons. The van der Waals surface area contributed by atoms with Gasteiger partial charge in [-0.1, -0.05) is 12.8 Å². The van der Waals surface area contributed by atoms with Gasteiger partial charge in [0.05, 0.1) is 11.8 Å². The van der Waals surface area contributed by atoms with Crippen LogP contribution >= 0.6 is 12.8 Å². The number of aromatic nitrogens is 2. The van der Waals surface area contributed by atoms with Gasteiger partial charge in [-0.25, -0.2) is 0 Å². The average Bonchev–Trinajstić information content (AvgIpc) is 2.03. The molecule has 1 N–H and O–H groups in total. The fourth-order valence-electron chi connectivity index (χ4n) is 0.576. The van der Waals surface area contributed by atoms with Crippen molar-refractivity contribution in [1.82, 2.24) is 10.2 Å². The molecule has 0 saturated heterocycles. The van der Waals surface area contributed by atoms with Gasteiger partial charge in [0.15, 0.2) is 5.82 Å². The minimum atomic E-state index is -4.39. The lowest BCUT2D eigenvalue weighted by molar-refractivity contribution is -0.137. The molecule has 1 aromatic rings. The number of anilines is 1. The molecule has 0 aliphatic rings. The van der Waals surface area contributed by atoms with Crippen LogP contribution in [0.1, 0.15) is 5.56 Å². The lowest BCUT2D eigenvalue weighted by Gasteiger charge is -2.05. The summed E-state index contributed by atoms with van der Waals surface area (Å²) in [7, 11) is 0. The lowest BCUT2D eigenvalue weighted by atomic mass is 10.3. The number of hydrogen-bond acceptors (Lipinski definition) is 4. The summed E-state index contributed by atoms with van der Waals surface area (Å²) >= 11 is 3.53. The van der Waals surface area contributed by atoms with E-state index in [1.54, 1.807) is 0 Å². The summed E-state index contributed by atoms with van der Waals surface area (Å²) in [5, 5.41) is 6.47. The monoisotopic (exact) mass is 195 g/mol. The first-order valence-electron chi connectivity index (χ1n) is 2.84. The van der Waals surface area contributed by atoms with Crippen LogP contribution in [0.4, 0.5) is 19.0 Å². The third-order valence-electron chi connectivity index (χ3n) is 1.10. The van der Waals surface area contributed by atoms with Crippen molar-refractivity contribution >= 4 is 18.6 Å². The number of thiol groups is 1. The van der Waals surface area contributed by atoms with Crippen LogP contribution in [0.15, 0.2) is 12.3 Å². The fraction of sp³-hybridized carbons (Fsp3) is 0.200. The second kappa shape index (κ2) is 3.18. The van der Waals surface area contributed by atoms with Crippen LogP contribution < -0.4 is 4.72 Å². The first kappa shape index (κ1) is 9.11. The molecule has 7 heteroatoms. The number of rotatable bonds is 1. The Kier molecular flexibility index (Phi) is 2.41. The van der Waals surface area contributed by atoms with Crippen molar-refractivity contribution in [2.45, 2.75) is 6.18 Å². The van der Waals surface area contributed by atoms with Gasteiger partial charge in [-0.05, 0) is 6.07 Å². The number of alkyl halides is 3. The first-order chi connectivity index (χ1) is 5.54. The van der Waals surface area contributed by atoms with E-state index in [1.165, 1.54) is 0 Å². The summed E-state index contributed by atoms with van der Waals surface area (Å²) in [5.41, 5.74) is -0.853. The third kappa shape index (κ3) is 2.00. The van der Waals surface area contributed by atoms with Crippen molar-refractivity contribution in [1.29, 1.82) is 0 Å². The fourth-order valence-corrected chi connectivity index (χ4v) is 0.686. The zero-order valence-electron chi connectivity index (χ0n) is 5.63. The summed E-state index contributed by atoms with van der Waals surface area (Å²) in [6.07, 6.45) is -3.75. The maximum Gasteiger partial charge on any atom is 0.418 e. The maximum absolute atomic E-state index is 12.0. The van der Waals surface area contributed by atoms with Crippen LogP contribution in [0.25, 0.3) is 0 Å². The number of nitrogens with zero attached hydrogens (tertiary/aromatic N) is 2. The molecule has 3 nitrogen and oxygen atoms in total. The van der Waals surface area contributed by atoms with Gasteiger partial charge in [0.25, 0.3) is 0 Å². The highest BCUT2D eigenvalue weighted by Crippen LogP contribution is 2.29. The van der Waals surface area contributed by atoms with E-state index in [0.717, 1.165) is 6.07 Å². The van der Waals surface area contributed by atoms with E-state index in [-0.39, 0.29) is 5.82 Å². The number of nitrogens with one attached hydrogen (secondary N) is 1. The molecule has 0 unspecified atom stereocenters. The molecular weight excluding hydrogens is 191 g/mol. The van der Waals surface area contributed by atoms with Crippen LogP contribution in [-0.2, 0) is 6.18 Å². The Morgan fingerprint density at radius 2 is 2.08 bits per heavy atom. The molecular formula is C5H4F3N3S. The second-order valence-electron chi connectivity index (χ2n) is 1.94. The smallest absolute Gasteiger partial charge is 0.315 e. The number of hydrogen-bond donors (Lipinski definition) is 2. The predicted molar refractivity (Wildman–Crippen MR) is 39.6 cm³/mol. The minimum absolute atomic E-state index is 0.0341. The zero-order valence-corrected chi connectivity index (χ0v) is 6.52. The lowest BCUT2D eigenvalue weighted by Crippen LogP contribution is -2.06. The SMILES string of the molecule is FC(F)(F)c1cnnc(NS)c1. The van der Waals surface area contributed by atoms with Gasteiger partial charge in [-0.15, -0.1) is 5.10 Å². The van der Waals surface area contributed by atoms with E-state index in [1.807, 2.05) is 0 Å². The Hall–Kier alpha value is -0.980. The average molecular weight is 195 g/mol. The third-order valence-corrected chi connectivity index (χ3v) is 1.33. The summed E-state index contributed by atoms with van der Waals surface area (Å²) < 4.78 is 38.1. The van der Waals surface area contributed by atoms with E-state index in [9.17, 15) is 13.2 Å². The highest BCUT2D eigenvalue weighted by atomic mass is 32.1. The van der Waals surface area contributed by atoms with Crippen LogP contribution in [0.5, 0.6) is 0 Å². The van der Waals surface area contributed by atoms with E-state index in [0.29, 0.717) is 6.20 Å². The Bertz CT molecular complexity index is 275. The first-order valence-corrected chi connectivity index (χ1v) is 3.29. The Morgan fingerprint density at radius 3 is 2.58 bits per heavy atom. The topological polar surface area (TPSA) is 37.8 Å².